The Bertz CT molecular complexity index is 668. The van der Waals surface area contributed by atoms with Crippen LogP contribution in [0.5, 0.6) is 0 Å². The van der Waals surface area contributed by atoms with Crippen molar-refractivity contribution in [2.75, 3.05) is 31.7 Å². The molecule has 9 nitrogen and oxygen atoms in total. The molecule has 10 heteroatoms. The van der Waals surface area contributed by atoms with Gasteiger partial charge in [-0.2, -0.15) is 4.98 Å². The van der Waals surface area contributed by atoms with Crippen molar-refractivity contribution < 1.29 is 28.9 Å². The second-order valence-corrected chi connectivity index (χ2v) is 6.11. The van der Waals surface area contributed by atoms with Gasteiger partial charge in [-0.25, -0.2) is 14.0 Å². The summed E-state index contributed by atoms with van der Waals surface area (Å²) in [6.07, 6.45) is 1.58. The molecule has 0 spiro atoms. The summed E-state index contributed by atoms with van der Waals surface area (Å²) in [5, 5.41) is 20.8. The average Bonchev–Trinajstić information content (AvgIpc) is 3.04. The number of carbonyl (C=O) groups excluding carboxylic acids is 1. The maximum atomic E-state index is 14.2. The molecule has 1 aromatic rings. The molecular formula is C16H24FN3O6. The molecule has 3 unspecified atom stereocenters. The van der Waals surface area contributed by atoms with E-state index in [1.165, 1.54) is 0 Å². The first-order valence-corrected chi connectivity index (χ1v) is 8.57. The van der Waals surface area contributed by atoms with E-state index in [0.29, 0.717) is 6.42 Å². The van der Waals surface area contributed by atoms with Crippen molar-refractivity contribution in [1.29, 1.82) is 0 Å². The highest BCUT2D eigenvalue weighted by molar-refractivity contribution is 5.83. The highest BCUT2D eigenvalue weighted by Gasteiger charge is 2.38. The molecule has 0 aliphatic carbocycles. The molecule has 146 valence electrons. The van der Waals surface area contributed by atoms with Crippen LogP contribution < -0.4 is 11.0 Å². The van der Waals surface area contributed by atoms with Crippen molar-refractivity contribution in [3.63, 3.8) is 0 Å². The largest absolute Gasteiger partial charge is 0.449 e. The second kappa shape index (κ2) is 9.60. The fraction of sp³-hybridized carbons (Fsp3) is 0.688. The molecule has 1 fully saturated rings. The Morgan fingerprint density at radius 1 is 1.46 bits per heavy atom. The van der Waals surface area contributed by atoms with Gasteiger partial charge in [0.05, 0.1) is 26.0 Å². The minimum atomic E-state index is -0.943. The molecule has 3 atom stereocenters. The number of nitrogens with one attached hydrogen (secondary N) is 1. The summed E-state index contributed by atoms with van der Waals surface area (Å²) in [6, 6.07) is 0. The normalized spacial score (nSPS) is 22.4. The number of carbonyl (C=O) groups is 1. The lowest BCUT2D eigenvalue weighted by atomic mass is 9.95. The molecule has 1 aromatic heterocycles. The molecule has 0 aromatic carbocycles. The summed E-state index contributed by atoms with van der Waals surface area (Å²) < 4.78 is 25.4. The molecule has 0 radical (unpaired) electrons. The molecule has 1 aliphatic heterocycles. The Labute approximate surface area is 149 Å². The molecule has 2 rings (SSSR count). The van der Waals surface area contributed by atoms with Gasteiger partial charge in [-0.05, 0) is 6.42 Å². The topological polar surface area (TPSA) is 123 Å². The first kappa shape index (κ1) is 20.3. The summed E-state index contributed by atoms with van der Waals surface area (Å²) in [7, 11) is 0. The van der Waals surface area contributed by atoms with E-state index in [2.05, 4.69) is 10.3 Å². The van der Waals surface area contributed by atoms with Crippen molar-refractivity contribution in [3.05, 3.63) is 22.5 Å². The summed E-state index contributed by atoms with van der Waals surface area (Å²) in [5.74, 6) is -2.41. The fourth-order valence-electron chi connectivity index (χ4n) is 2.78. The molecule has 1 saturated heterocycles. The molecule has 3 N–H and O–H groups in total. The maximum absolute atomic E-state index is 14.2. The van der Waals surface area contributed by atoms with Crippen molar-refractivity contribution >= 4 is 11.9 Å². The van der Waals surface area contributed by atoms with Gasteiger partial charge < -0.3 is 19.7 Å². The number of halogens is 1. The number of aliphatic hydroxyl groups is 2. The Morgan fingerprint density at radius 3 is 2.88 bits per heavy atom. The number of hydrogen-bond donors (Lipinski definition) is 3. The van der Waals surface area contributed by atoms with Crippen LogP contribution in [0.3, 0.4) is 0 Å². The standard InChI is InChI=1S/C16H24FN3O6/c1-2-3-4-5-25-16(24)19-13-12(17)6-20(15(23)18-13)14-11(8-22)10(7-21)9-26-14/h6,10-11,14,21-22H,2-5,7-9H2,1H3,(H,18,19,23,24). The van der Waals surface area contributed by atoms with Crippen molar-refractivity contribution in [1.82, 2.24) is 9.55 Å². The zero-order valence-electron chi connectivity index (χ0n) is 14.6. The van der Waals surface area contributed by atoms with Gasteiger partial charge in [-0.15, -0.1) is 0 Å². The number of aromatic nitrogens is 2. The fourth-order valence-corrected chi connectivity index (χ4v) is 2.78. The van der Waals surface area contributed by atoms with Crippen LogP contribution in [0.2, 0.25) is 0 Å². The van der Waals surface area contributed by atoms with Crippen LogP contribution in [0, 0.1) is 17.7 Å². The molecule has 1 amide bonds. The van der Waals surface area contributed by atoms with Gasteiger partial charge in [0, 0.05) is 18.4 Å². The van der Waals surface area contributed by atoms with E-state index in [0.717, 1.165) is 23.6 Å². The van der Waals surface area contributed by atoms with Gasteiger partial charge in [-0.1, -0.05) is 19.8 Å². The highest BCUT2D eigenvalue weighted by Crippen LogP contribution is 2.33. The third kappa shape index (κ3) is 4.77. The Morgan fingerprint density at radius 2 is 2.23 bits per heavy atom. The summed E-state index contributed by atoms with van der Waals surface area (Å²) in [5.41, 5.74) is -0.852. The van der Waals surface area contributed by atoms with Crippen LogP contribution in [-0.4, -0.2) is 52.3 Å². The Balaban J connectivity index is 2.08. The Hall–Kier alpha value is -2.04. The van der Waals surface area contributed by atoms with E-state index in [-0.39, 0.29) is 32.3 Å². The van der Waals surface area contributed by atoms with Crippen LogP contribution in [0.25, 0.3) is 0 Å². The number of nitrogens with zero attached hydrogens (tertiary/aromatic N) is 2. The van der Waals surface area contributed by atoms with Gasteiger partial charge in [0.25, 0.3) is 0 Å². The molecule has 0 saturated carbocycles. The number of ether oxygens (including phenoxy) is 2. The van der Waals surface area contributed by atoms with Gasteiger partial charge in [0.15, 0.2) is 11.6 Å². The lowest BCUT2D eigenvalue weighted by molar-refractivity contribution is 0.0131. The predicted octanol–water partition coefficient (Wildman–Crippen LogP) is 0.867. The van der Waals surface area contributed by atoms with E-state index in [4.69, 9.17) is 9.47 Å². The lowest BCUT2D eigenvalue weighted by Gasteiger charge is -2.21. The van der Waals surface area contributed by atoms with E-state index in [1.54, 1.807) is 0 Å². The number of rotatable bonds is 8. The third-order valence-electron chi connectivity index (χ3n) is 4.28. The molecule has 1 aliphatic rings. The number of aliphatic hydroxyl groups excluding tert-OH is 2. The Kier molecular flexibility index (Phi) is 7.49. The highest BCUT2D eigenvalue weighted by atomic mass is 19.1. The number of anilines is 1. The first-order valence-electron chi connectivity index (χ1n) is 8.57. The zero-order valence-corrected chi connectivity index (χ0v) is 14.6. The van der Waals surface area contributed by atoms with Crippen LogP contribution in [0.1, 0.15) is 32.4 Å². The van der Waals surface area contributed by atoms with E-state index in [9.17, 15) is 24.2 Å². The van der Waals surface area contributed by atoms with Gasteiger partial charge in [-0.3, -0.25) is 9.88 Å². The molecular weight excluding hydrogens is 349 g/mol. The van der Waals surface area contributed by atoms with Crippen LogP contribution in [-0.2, 0) is 9.47 Å². The van der Waals surface area contributed by atoms with Crippen LogP contribution in [0.4, 0.5) is 15.0 Å². The monoisotopic (exact) mass is 373 g/mol. The first-order chi connectivity index (χ1) is 12.5. The summed E-state index contributed by atoms with van der Waals surface area (Å²) in [4.78, 5) is 27.3. The average molecular weight is 373 g/mol. The number of amides is 1. The van der Waals surface area contributed by atoms with Crippen LogP contribution in [0.15, 0.2) is 11.0 Å². The zero-order chi connectivity index (χ0) is 19.1. The SMILES string of the molecule is CCCCCOC(=O)Nc1nc(=O)n(C2OCC(CO)C2CO)cc1F. The van der Waals surface area contributed by atoms with Gasteiger partial charge in [0.2, 0.25) is 0 Å². The maximum Gasteiger partial charge on any atom is 0.412 e. The molecule has 2 heterocycles. The number of unbranched alkanes of at least 4 members (excludes halogenated alkanes) is 2. The quantitative estimate of drug-likeness (QED) is 0.578. The molecule has 26 heavy (non-hydrogen) atoms. The number of hydrogen-bond acceptors (Lipinski definition) is 7. The smallest absolute Gasteiger partial charge is 0.412 e. The van der Waals surface area contributed by atoms with Crippen molar-refractivity contribution in [3.8, 4) is 0 Å². The minimum absolute atomic E-state index is 0.130. The van der Waals surface area contributed by atoms with Gasteiger partial charge in [0.1, 0.15) is 6.23 Å². The predicted molar refractivity (Wildman–Crippen MR) is 89.1 cm³/mol. The van der Waals surface area contributed by atoms with Crippen molar-refractivity contribution in [2.45, 2.75) is 32.4 Å². The van der Waals surface area contributed by atoms with Crippen molar-refractivity contribution in [2.24, 2.45) is 11.8 Å². The van der Waals surface area contributed by atoms with E-state index < -0.39 is 35.6 Å². The van der Waals surface area contributed by atoms with Gasteiger partial charge >= 0.3 is 11.8 Å². The second-order valence-electron chi connectivity index (χ2n) is 6.11. The third-order valence-corrected chi connectivity index (χ3v) is 4.28. The molecule has 0 bridgehead atoms. The summed E-state index contributed by atoms with van der Waals surface area (Å²) >= 11 is 0. The lowest BCUT2D eigenvalue weighted by Crippen LogP contribution is -2.34. The van der Waals surface area contributed by atoms with E-state index >= 15 is 0 Å². The minimum Gasteiger partial charge on any atom is -0.449 e. The van der Waals surface area contributed by atoms with Crippen LogP contribution >= 0.6 is 0 Å². The van der Waals surface area contributed by atoms with E-state index in [1.807, 2.05) is 6.92 Å². The summed E-state index contributed by atoms with van der Waals surface area (Å²) in [6.45, 7) is 1.76.